The third-order valence-electron chi connectivity index (χ3n) is 5.30. The van der Waals surface area contributed by atoms with Gasteiger partial charge < -0.3 is 4.90 Å². The Hall–Kier alpha value is -2.92. The molecule has 1 aliphatic heterocycles. The number of carbonyl (C=O) groups excluding carboxylic acids is 1. The third kappa shape index (κ3) is 3.64. The normalized spacial score (nSPS) is 16.7. The first-order valence-electron chi connectivity index (χ1n) is 9.24. The molecule has 0 aliphatic carbocycles. The molecule has 2 heterocycles. The molecule has 5 heteroatoms. The van der Waals surface area contributed by atoms with Crippen LogP contribution in [-0.2, 0) is 13.0 Å². The van der Waals surface area contributed by atoms with Crippen LogP contribution in [0.2, 0.25) is 0 Å². The number of benzene rings is 2. The van der Waals surface area contributed by atoms with Gasteiger partial charge in [0.05, 0.1) is 17.4 Å². The van der Waals surface area contributed by atoms with E-state index in [0.717, 1.165) is 18.7 Å². The number of amides is 1. The number of rotatable bonds is 4. The minimum Gasteiger partial charge on any atom is -0.340 e. The number of hydrogen-bond donors (Lipinski definition) is 0. The second kappa shape index (κ2) is 7.37. The zero-order chi connectivity index (χ0) is 18.8. The van der Waals surface area contributed by atoms with E-state index in [9.17, 15) is 4.79 Å². The van der Waals surface area contributed by atoms with Crippen LogP contribution in [0.25, 0.3) is 5.69 Å². The highest BCUT2D eigenvalue weighted by Crippen LogP contribution is 2.22. The molecule has 138 valence electrons. The molecule has 0 saturated heterocycles. The van der Waals surface area contributed by atoms with Crippen LogP contribution < -0.4 is 0 Å². The lowest BCUT2D eigenvalue weighted by Crippen LogP contribution is -2.46. The van der Waals surface area contributed by atoms with Crippen molar-refractivity contribution >= 4 is 5.91 Å². The molecule has 1 atom stereocenters. The number of hydrogen-bond acceptors (Lipinski definition) is 3. The Balaban J connectivity index is 1.45. The summed E-state index contributed by atoms with van der Waals surface area (Å²) in [6, 6.07) is 18.7. The molecular formula is C22H24N4O. The van der Waals surface area contributed by atoms with Crippen molar-refractivity contribution in [1.29, 1.82) is 0 Å². The van der Waals surface area contributed by atoms with Crippen molar-refractivity contribution in [2.24, 2.45) is 0 Å². The monoisotopic (exact) mass is 360 g/mol. The summed E-state index contributed by atoms with van der Waals surface area (Å²) in [5.74, 6) is 0.00411. The summed E-state index contributed by atoms with van der Waals surface area (Å²) in [4.78, 5) is 17.0. The first-order chi connectivity index (χ1) is 13.1. The quantitative estimate of drug-likeness (QED) is 0.718. The molecule has 0 radical (unpaired) electrons. The Kier molecular flexibility index (Phi) is 4.77. The van der Waals surface area contributed by atoms with E-state index in [0.29, 0.717) is 18.2 Å². The Labute approximate surface area is 159 Å². The third-order valence-corrected chi connectivity index (χ3v) is 5.30. The van der Waals surface area contributed by atoms with Gasteiger partial charge in [-0.05, 0) is 36.7 Å². The maximum atomic E-state index is 12.9. The van der Waals surface area contributed by atoms with Crippen molar-refractivity contribution in [3.05, 3.63) is 83.7 Å². The van der Waals surface area contributed by atoms with Crippen LogP contribution in [0, 0.1) is 0 Å². The fraction of sp³-hybridized carbons (Fsp3) is 0.273. The van der Waals surface area contributed by atoms with Gasteiger partial charge in [0.2, 0.25) is 0 Å². The predicted octanol–water partition coefficient (Wildman–Crippen LogP) is 3.00. The van der Waals surface area contributed by atoms with Gasteiger partial charge >= 0.3 is 0 Å². The van der Waals surface area contributed by atoms with Crippen molar-refractivity contribution in [2.45, 2.75) is 19.0 Å². The van der Waals surface area contributed by atoms with Crippen LogP contribution in [0.4, 0.5) is 0 Å². The molecule has 0 spiro atoms. The van der Waals surface area contributed by atoms with Gasteiger partial charge in [-0.3, -0.25) is 9.69 Å². The second-order valence-corrected chi connectivity index (χ2v) is 7.24. The smallest absolute Gasteiger partial charge is 0.256 e. The first-order valence-corrected chi connectivity index (χ1v) is 9.24. The van der Waals surface area contributed by atoms with E-state index >= 15 is 0 Å². The molecular weight excluding hydrogens is 336 g/mol. The number of fused-ring (bicyclic) bond motifs is 1. The zero-order valence-electron chi connectivity index (χ0n) is 15.7. The van der Waals surface area contributed by atoms with Crippen molar-refractivity contribution in [3.8, 4) is 5.69 Å². The predicted molar refractivity (Wildman–Crippen MR) is 106 cm³/mol. The van der Waals surface area contributed by atoms with Gasteiger partial charge in [0, 0.05) is 32.4 Å². The highest BCUT2D eigenvalue weighted by Gasteiger charge is 2.26. The van der Waals surface area contributed by atoms with E-state index in [1.807, 2.05) is 37.4 Å². The molecule has 0 saturated carbocycles. The van der Waals surface area contributed by atoms with Gasteiger partial charge in [0.15, 0.2) is 0 Å². The summed E-state index contributed by atoms with van der Waals surface area (Å²) in [7, 11) is 4.00. The van der Waals surface area contributed by atoms with E-state index in [1.165, 1.54) is 11.1 Å². The highest BCUT2D eigenvalue weighted by molar-refractivity contribution is 5.93. The number of carbonyl (C=O) groups is 1. The van der Waals surface area contributed by atoms with Gasteiger partial charge in [-0.2, -0.15) is 5.10 Å². The fourth-order valence-electron chi connectivity index (χ4n) is 3.70. The minimum atomic E-state index is 0.00411. The molecule has 27 heavy (non-hydrogen) atoms. The molecule has 1 unspecified atom stereocenters. The first kappa shape index (κ1) is 17.5. The van der Waals surface area contributed by atoms with Crippen LogP contribution in [0.5, 0.6) is 0 Å². The molecule has 1 aromatic heterocycles. The van der Waals surface area contributed by atoms with E-state index in [-0.39, 0.29) is 5.91 Å². The van der Waals surface area contributed by atoms with Gasteiger partial charge in [-0.1, -0.05) is 42.5 Å². The largest absolute Gasteiger partial charge is 0.340 e. The van der Waals surface area contributed by atoms with Crippen molar-refractivity contribution in [1.82, 2.24) is 19.6 Å². The van der Waals surface area contributed by atoms with Crippen LogP contribution in [-0.4, -0.2) is 52.2 Å². The molecule has 5 nitrogen and oxygen atoms in total. The average Bonchev–Trinajstić information content (AvgIpc) is 3.19. The van der Waals surface area contributed by atoms with Crippen molar-refractivity contribution in [3.63, 3.8) is 0 Å². The maximum Gasteiger partial charge on any atom is 0.256 e. The topological polar surface area (TPSA) is 41.4 Å². The summed E-state index contributed by atoms with van der Waals surface area (Å²) >= 11 is 0. The van der Waals surface area contributed by atoms with Crippen molar-refractivity contribution < 1.29 is 4.79 Å². The van der Waals surface area contributed by atoms with Crippen LogP contribution in [0.3, 0.4) is 0 Å². The van der Waals surface area contributed by atoms with Crippen molar-refractivity contribution in [2.75, 3.05) is 20.6 Å². The summed E-state index contributed by atoms with van der Waals surface area (Å²) in [6.45, 7) is 1.62. The van der Waals surface area contributed by atoms with Gasteiger partial charge in [-0.15, -0.1) is 0 Å². The molecule has 0 fully saturated rings. The molecule has 2 aromatic carbocycles. The zero-order valence-corrected chi connectivity index (χ0v) is 15.7. The molecule has 1 amide bonds. The molecule has 0 N–H and O–H groups in total. The molecule has 3 aromatic rings. The molecule has 0 bridgehead atoms. The SMILES string of the molecule is CN(CC1Cc2ccccc2CN1C)C(=O)c1cnn(-c2ccccc2)c1. The van der Waals surface area contributed by atoms with Crippen LogP contribution in [0.15, 0.2) is 67.0 Å². The second-order valence-electron chi connectivity index (χ2n) is 7.24. The molecule has 4 rings (SSSR count). The molecule has 1 aliphatic rings. The number of likely N-dealkylation sites (N-methyl/N-ethyl adjacent to an activating group) is 2. The Bertz CT molecular complexity index is 934. The minimum absolute atomic E-state index is 0.00411. The summed E-state index contributed by atoms with van der Waals surface area (Å²) in [6.07, 6.45) is 4.41. The Morgan fingerprint density at radius 2 is 1.81 bits per heavy atom. The highest BCUT2D eigenvalue weighted by atomic mass is 16.2. The summed E-state index contributed by atoms with van der Waals surface area (Å²) in [5.41, 5.74) is 4.33. The lowest BCUT2D eigenvalue weighted by Gasteiger charge is -2.36. The van der Waals surface area contributed by atoms with Gasteiger partial charge in [0.25, 0.3) is 5.91 Å². The van der Waals surface area contributed by atoms with E-state index in [1.54, 1.807) is 22.0 Å². The lowest BCUT2D eigenvalue weighted by molar-refractivity contribution is 0.0733. The van der Waals surface area contributed by atoms with E-state index in [2.05, 4.69) is 41.3 Å². The fourth-order valence-corrected chi connectivity index (χ4v) is 3.70. The number of nitrogens with zero attached hydrogens (tertiary/aromatic N) is 4. The van der Waals surface area contributed by atoms with Gasteiger partial charge in [0.1, 0.15) is 0 Å². The van der Waals surface area contributed by atoms with Gasteiger partial charge in [-0.25, -0.2) is 4.68 Å². The van der Waals surface area contributed by atoms with E-state index in [4.69, 9.17) is 0 Å². The Morgan fingerprint density at radius 1 is 1.11 bits per heavy atom. The standard InChI is InChI=1S/C22H24N4O/c1-24-14-18-9-7-6-8-17(18)12-21(24)16-25(2)22(27)19-13-23-26(15-19)20-10-4-3-5-11-20/h3-11,13,15,21H,12,14,16H2,1-2H3. The summed E-state index contributed by atoms with van der Waals surface area (Å²) in [5, 5.41) is 4.34. The van der Waals surface area contributed by atoms with Crippen LogP contribution in [0.1, 0.15) is 21.5 Å². The van der Waals surface area contributed by atoms with E-state index < -0.39 is 0 Å². The number of aromatic nitrogens is 2. The average molecular weight is 360 g/mol. The number of para-hydroxylation sites is 1. The van der Waals surface area contributed by atoms with Crippen LogP contribution >= 0.6 is 0 Å². The lowest BCUT2D eigenvalue weighted by atomic mass is 9.94. The Morgan fingerprint density at radius 3 is 2.59 bits per heavy atom. The maximum absolute atomic E-state index is 12.9. The summed E-state index contributed by atoms with van der Waals surface area (Å²) < 4.78 is 1.74.